The Labute approximate surface area is 107 Å². The van der Waals surface area contributed by atoms with Gasteiger partial charge >= 0.3 is 23.1 Å². The van der Waals surface area contributed by atoms with Crippen LogP contribution in [0.15, 0.2) is 35.2 Å². The van der Waals surface area contributed by atoms with Crippen LogP contribution in [0.2, 0.25) is 0 Å². The van der Waals surface area contributed by atoms with Crippen LogP contribution < -0.4 is 0 Å². The molecule has 1 aromatic carbocycles. The summed E-state index contributed by atoms with van der Waals surface area (Å²) in [5.41, 5.74) is 0. The molecule has 0 bridgehead atoms. The number of benzene rings is 1. The summed E-state index contributed by atoms with van der Waals surface area (Å²) in [7, 11) is -3.56. The van der Waals surface area contributed by atoms with Crippen LogP contribution in [0.5, 0.6) is 0 Å². The van der Waals surface area contributed by atoms with Crippen molar-refractivity contribution in [3.05, 3.63) is 30.3 Å². The maximum Gasteiger partial charge on any atom is 0.316 e. The Kier molecular flexibility index (Phi) is 6.43. The Morgan fingerprint density at radius 3 is 2.20 bits per heavy atom. The molecule has 0 spiro atoms. The molecule has 3 nitrogen and oxygen atoms in total. The minimum atomic E-state index is -3.56. The first-order valence-corrected chi connectivity index (χ1v) is 5.87. The molecule has 0 aliphatic carbocycles. The largest absolute Gasteiger partial charge is 0.316 e. The van der Waals surface area contributed by atoms with Gasteiger partial charge in [0.05, 0.1) is 11.5 Å². The van der Waals surface area contributed by atoms with Gasteiger partial charge < -0.3 is 0 Å². The summed E-state index contributed by atoms with van der Waals surface area (Å²) in [4.78, 5) is 0.209. The van der Waals surface area contributed by atoms with Crippen molar-refractivity contribution in [3.63, 3.8) is 0 Å². The van der Waals surface area contributed by atoms with E-state index >= 15 is 0 Å². The van der Waals surface area contributed by atoms with Gasteiger partial charge in [-0.3, -0.25) is 4.18 Å². The van der Waals surface area contributed by atoms with Crippen LogP contribution in [0.4, 0.5) is 0 Å². The third-order valence-electron chi connectivity index (χ3n) is 1.59. The van der Waals surface area contributed by atoms with Crippen LogP contribution in [0.3, 0.4) is 0 Å². The topological polar surface area (TPSA) is 43.4 Å². The molecule has 0 fully saturated rings. The second-order valence-electron chi connectivity index (χ2n) is 3.45. The summed E-state index contributed by atoms with van der Waals surface area (Å²) in [5.74, 6) is 0.202. The first-order chi connectivity index (χ1) is 6.52. The van der Waals surface area contributed by atoms with Crippen molar-refractivity contribution in [2.45, 2.75) is 18.7 Å². The maximum atomic E-state index is 11.5. The van der Waals surface area contributed by atoms with Crippen molar-refractivity contribution in [1.29, 1.82) is 0 Å². The average Bonchev–Trinajstić information content (AvgIpc) is 2.16. The van der Waals surface area contributed by atoms with Crippen molar-refractivity contribution in [2.75, 3.05) is 6.61 Å². The predicted molar refractivity (Wildman–Crippen MR) is 63.0 cm³/mol. The summed E-state index contributed by atoms with van der Waals surface area (Å²) < 4.78 is 27.9. The van der Waals surface area contributed by atoms with Gasteiger partial charge in [-0.1, -0.05) is 32.0 Å². The van der Waals surface area contributed by atoms with E-state index in [1.54, 1.807) is 18.2 Å². The van der Waals surface area contributed by atoms with E-state index in [1.807, 2.05) is 13.8 Å². The van der Waals surface area contributed by atoms with Gasteiger partial charge in [0.1, 0.15) is 0 Å². The Bertz CT molecular complexity index is 373. The lowest BCUT2D eigenvalue weighted by Crippen LogP contribution is -2.10. The molecule has 1 rings (SSSR count). The highest BCUT2D eigenvalue weighted by molar-refractivity contribution is 7.86. The lowest BCUT2D eigenvalue weighted by Gasteiger charge is -2.06. The molecule has 0 aliphatic rings. The fraction of sp³-hybridized carbons (Fsp3) is 0.400. The Balaban J connectivity index is 0.00000196. The molecule has 0 atom stereocenters. The molecular weight excluding hydrogens is 224 g/mol. The van der Waals surface area contributed by atoms with Crippen molar-refractivity contribution in [3.8, 4) is 0 Å². The Morgan fingerprint density at radius 2 is 1.73 bits per heavy atom. The third kappa shape index (κ3) is 4.97. The van der Waals surface area contributed by atoms with Gasteiger partial charge in [-0.2, -0.15) is 8.42 Å². The normalized spacial score (nSPS) is 11.1. The summed E-state index contributed by atoms with van der Waals surface area (Å²) >= 11 is 0. The van der Waals surface area contributed by atoms with E-state index in [2.05, 4.69) is 0 Å². The molecule has 0 saturated carbocycles. The van der Waals surface area contributed by atoms with Crippen LogP contribution in [0, 0.1) is 5.92 Å². The second kappa shape index (κ2) is 6.47. The van der Waals surface area contributed by atoms with Gasteiger partial charge in [-0.25, -0.2) is 0 Å². The molecule has 0 aliphatic heterocycles. The summed E-state index contributed by atoms with van der Waals surface area (Å²) in [6.07, 6.45) is 0. The molecule has 5 heteroatoms. The van der Waals surface area contributed by atoms with Crippen LogP contribution in [-0.4, -0.2) is 38.1 Å². The van der Waals surface area contributed by atoms with Crippen LogP contribution in [0.25, 0.3) is 0 Å². The van der Waals surface area contributed by atoms with E-state index in [1.165, 1.54) is 12.1 Å². The molecule has 0 heterocycles. The fourth-order valence-corrected chi connectivity index (χ4v) is 1.96. The lowest BCUT2D eigenvalue weighted by molar-refractivity contribution is 0.275. The van der Waals surface area contributed by atoms with Gasteiger partial charge in [-0.05, 0) is 18.1 Å². The third-order valence-corrected chi connectivity index (χ3v) is 2.88. The standard InChI is InChI=1S/C10H14O3S.Mg.2H/c1-9(2)8-13-14(11,12)10-6-4-3-5-7-10;;;/h3-7,9H,8H2,1-2H3;;;. The molecule has 0 aromatic heterocycles. The highest BCUT2D eigenvalue weighted by Crippen LogP contribution is 2.12. The minimum Gasteiger partial charge on any atom is -0.266 e. The Morgan fingerprint density at radius 1 is 1.20 bits per heavy atom. The predicted octanol–water partition coefficient (Wildman–Crippen LogP) is 1.13. The van der Waals surface area contributed by atoms with Gasteiger partial charge in [0, 0.05) is 0 Å². The summed E-state index contributed by atoms with van der Waals surface area (Å²) in [6.45, 7) is 4.03. The summed E-state index contributed by atoms with van der Waals surface area (Å²) in [5, 5.41) is 0. The average molecular weight is 241 g/mol. The smallest absolute Gasteiger partial charge is 0.266 e. The molecule has 82 valence electrons. The summed E-state index contributed by atoms with van der Waals surface area (Å²) in [6, 6.07) is 8.16. The number of rotatable bonds is 4. The first kappa shape index (κ1) is 14.9. The van der Waals surface area contributed by atoms with E-state index in [9.17, 15) is 8.42 Å². The quantitative estimate of drug-likeness (QED) is 0.585. The van der Waals surface area contributed by atoms with Crippen molar-refractivity contribution in [2.24, 2.45) is 5.92 Å². The van der Waals surface area contributed by atoms with E-state index < -0.39 is 10.1 Å². The highest BCUT2D eigenvalue weighted by Gasteiger charge is 2.14. The zero-order valence-electron chi connectivity index (χ0n) is 8.30. The first-order valence-electron chi connectivity index (χ1n) is 4.47. The zero-order chi connectivity index (χ0) is 10.6. The van der Waals surface area contributed by atoms with E-state index in [0.29, 0.717) is 0 Å². The molecule has 0 amide bonds. The van der Waals surface area contributed by atoms with Crippen molar-refractivity contribution >= 4 is 33.2 Å². The molecule has 0 unspecified atom stereocenters. The van der Waals surface area contributed by atoms with E-state index in [0.717, 1.165) is 0 Å². The van der Waals surface area contributed by atoms with Gasteiger partial charge in [-0.15, -0.1) is 0 Å². The zero-order valence-corrected chi connectivity index (χ0v) is 9.12. The molecule has 0 radical (unpaired) electrons. The molecule has 1 aromatic rings. The number of hydrogen-bond acceptors (Lipinski definition) is 3. The molecule has 15 heavy (non-hydrogen) atoms. The second-order valence-corrected chi connectivity index (χ2v) is 5.06. The van der Waals surface area contributed by atoms with Gasteiger partial charge in [0.25, 0.3) is 10.1 Å². The van der Waals surface area contributed by atoms with Crippen molar-refractivity contribution < 1.29 is 12.6 Å². The SMILES string of the molecule is CC(C)COS(=O)(=O)c1ccccc1.[MgH2]. The van der Waals surface area contributed by atoms with Crippen LogP contribution >= 0.6 is 0 Å². The minimum absolute atomic E-state index is 0. The van der Waals surface area contributed by atoms with Crippen LogP contribution in [0.1, 0.15) is 13.8 Å². The molecular formula is C10H16MgO3S. The van der Waals surface area contributed by atoms with E-state index in [4.69, 9.17) is 4.18 Å². The fourth-order valence-electron chi connectivity index (χ4n) is 0.881. The van der Waals surface area contributed by atoms with Gasteiger partial charge in [0.15, 0.2) is 0 Å². The maximum absolute atomic E-state index is 11.5. The van der Waals surface area contributed by atoms with E-state index in [-0.39, 0.29) is 40.5 Å². The van der Waals surface area contributed by atoms with Crippen LogP contribution in [-0.2, 0) is 14.3 Å². The highest BCUT2D eigenvalue weighted by atomic mass is 32.2. The number of hydrogen-bond donors (Lipinski definition) is 0. The molecule has 0 saturated heterocycles. The molecule has 0 N–H and O–H groups in total. The lowest BCUT2D eigenvalue weighted by atomic mass is 10.2. The monoisotopic (exact) mass is 240 g/mol. The van der Waals surface area contributed by atoms with Gasteiger partial charge in [0.2, 0.25) is 0 Å². The Hall–Kier alpha value is -0.104. The van der Waals surface area contributed by atoms with Crippen molar-refractivity contribution in [1.82, 2.24) is 0 Å².